The van der Waals surface area contributed by atoms with E-state index in [2.05, 4.69) is 51.8 Å². The molecule has 0 radical (unpaired) electrons. The van der Waals surface area contributed by atoms with Crippen LogP contribution in [0.3, 0.4) is 0 Å². The standard InChI is InChI=1S/C15H26BrN3/c1-4-13-15(16)14(19(5-2)18-13)9-6-11(3)10-17-12-7-8-12/h11-12,17H,4-10H2,1-3H3. The fraction of sp³-hybridized carbons (Fsp3) is 0.800. The van der Waals surface area contributed by atoms with Crippen molar-refractivity contribution >= 4 is 15.9 Å². The van der Waals surface area contributed by atoms with Gasteiger partial charge in [0.15, 0.2) is 0 Å². The topological polar surface area (TPSA) is 29.9 Å². The minimum atomic E-state index is 0.734. The largest absolute Gasteiger partial charge is 0.314 e. The summed E-state index contributed by atoms with van der Waals surface area (Å²) in [6, 6.07) is 0.821. The first-order chi connectivity index (χ1) is 9.15. The molecule has 2 rings (SSSR count). The average molecular weight is 328 g/mol. The van der Waals surface area contributed by atoms with Gasteiger partial charge in [0.1, 0.15) is 0 Å². The van der Waals surface area contributed by atoms with E-state index < -0.39 is 0 Å². The van der Waals surface area contributed by atoms with Crippen LogP contribution in [-0.4, -0.2) is 22.4 Å². The molecule has 3 nitrogen and oxygen atoms in total. The zero-order valence-corrected chi connectivity index (χ0v) is 14.0. The number of halogens is 1. The summed E-state index contributed by atoms with van der Waals surface area (Å²) in [7, 11) is 0. The lowest BCUT2D eigenvalue weighted by molar-refractivity contribution is 0.469. The molecule has 1 heterocycles. The second kappa shape index (κ2) is 6.89. The molecule has 1 unspecified atom stereocenters. The number of nitrogens with one attached hydrogen (secondary N) is 1. The molecule has 0 aromatic carbocycles. The molecule has 4 heteroatoms. The average Bonchev–Trinajstić information content (AvgIpc) is 3.18. The van der Waals surface area contributed by atoms with Gasteiger partial charge in [0, 0.05) is 12.6 Å². The predicted octanol–water partition coefficient (Wildman–Crippen LogP) is 3.55. The van der Waals surface area contributed by atoms with Gasteiger partial charge in [0.2, 0.25) is 0 Å². The molecule has 19 heavy (non-hydrogen) atoms. The molecule has 1 fully saturated rings. The van der Waals surface area contributed by atoms with Crippen LogP contribution in [0, 0.1) is 5.92 Å². The number of rotatable bonds is 8. The highest BCUT2D eigenvalue weighted by Crippen LogP contribution is 2.25. The molecule has 0 amide bonds. The molecular weight excluding hydrogens is 302 g/mol. The summed E-state index contributed by atoms with van der Waals surface area (Å²) in [5, 5.41) is 8.28. The molecule has 1 aliphatic rings. The monoisotopic (exact) mass is 327 g/mol. The Morgan fingerprint density at radius 2 is 2.16 bits per heavy atom. The minimum Gasteiger partial charge on any atom is -0.314 e. The van der Waals surface area contributed by atoms with E-state index in [0.717, 1.165) is 37.9 Å². The lowest BCUT2D eigenvalue weighted by Crippen LogP contribution is -2.23. The van der Waals surface area contributed by atoms with Crippen LogP contribution in [0.4, 0.5) is 0 Å². The molecule has 1 atom stereocenters. The molecular formula is C15H26BrN3. The van der Waals surface area contributed by atoms with Gasteiger partial charge in [-0.15, -0.1) is 0 Å². The van der Waals surface area contributed by atoms with Crippen LogP contribution in [0.2, 0.25) is 0 Å². The maximum absolute atomic E-state index is 4.66. The Morgan fingerprint density at radius 3 is 2.74 bits per heavy atom. The smallest absolute Gasteiger partial charge is 0.0766 e. The third-order valence-corrected chi connectivity index (χ3v) is 4.82. The molecule has 1 saturated carbocycles. The van der Waals surface area contributed by atoms with Crippen LogP contribution in [0.5, 0.6) is 0 Å². The molecule has 1 aromatic heterocycles. The van der Waals surface area contributed by atoms with Gasteiger partial charge in [-0.1, -0.05) is 13.8 Å². The summed E-state index contributed by atoms with van der Waals surface area (Å²) in [6.07, 6.45) is 6.10. The van der Waals surface area contributed by atoms with Crippen molar-refractivity contribution in [1.82, 2.24) is 15.1 Å². The summed E-state index contributed by atoms with van der Waals surface area (Å²) < 4.78 is 3.39. The lowest BCUT2D eigenvalue weighted by atomic mass is 10.0. The summed E-state index contributed by atoms with van der Waals surface area (Å²) in [5.74, 6) is 0.734. The van der Waals surface area contributed by atoms with Crippen LogP contribution < -0.4 is 5.32 Å². The van der Waals surface area contributed by atoms with Crippen LogP contribution >= 0.6 is 15.9 Å². The summed E-state index contributed by atoms with van der Waals surface area (Å²) in [6.45, 7) is 8.79. The normalized spacial score (nSPS) is 16.8. The molecule has 1 aliphatic carbocycles. The number of aryl methyl sites for hydroxylation is 2. The molecule has 0 saturated heterocycles. The molecule has 108 valence electrons. The Balaban J connectivity index is 1.88. The quantitative estimate of drug-likeness (QED) is 0.791. The van der Waals surface area contributed by atoms with Gasteiger partial charge in [0.05, 0.1) is 15.9 Å². The van der Waals surface area contributed by atoms with Crippen molar-refractivity contribution in [2.75, 3.05) is 6.54 Å². The first-order valence-electron chi connectivity index (χ1n) is 7.63. The molecule has 0 bridgehead atoms. The summed E-state index contributed by atoms with van der Waals surface area (Å²) >= 11 is 3.73. The van der Waals surface area contributed by atoms with Gasteiger partial charge in [-0.2, -0.15) is 5.10 Å². The van der Waals surface area contributed by atoms with E-state index in [0.29, 0.717) is 0 Å². The first kappa shape index (κ1) is 15.0. The number of hydrogen-bond acceptors (Lipinski definition) is 2. The Bertz CT molecular complexity index is 410. The Morgan fingerprint density at radius 1 is 1.42 bits per heavy atom. The van der Waals surface area contributed by atoms with Gasteiger partial charge in [-0.3, -0.25) is 4.68 Å². The summed E-state index contributed by atoms with van der Waals surface area (Å²) in [4.78, 5) is 0. The van der Waals surface area contributed by atoms with Crippen molar-refractivity contribution in [1.29, 1.82) is 0 Å². The van der Waals surface area contributed by atoms with Crippen LogP contribution in [0.25, 0.3) is 0 Å². The van der Waals surface area contributed by atoms with Gasteiger partial charge >= 0.3 is 0 Å². The SMILES string of the molecule is CCc1nn(CC)c(CCC(C)CNC2CC2)c1Br. The second-order valence-corrected chi connectivity index (χ2v) is 6.50. The van der Waals surface area contributed by atoms with E-state index in [1.54, 1.807) is 0 Å². The van der Waals surface area contributed by atoms with E-state index in [9.17, 15) is 0 Å². The van der Waals surface area contributed by atoms with Crippen molar-refractivity contribution in [2.24, 2.45) is 5.92 Å². The number of nitrogens with zero attached hydrogens (tertiary/aromatic N) is 2. The Labute approximate surface area is 125 Å². The van der Waals surface area contributed by atoms with Gasteiger partial charge in [-0.25, -0.2) is 0 Å². The van der Waals surface area contributed by atoms with Crippen molar-refractivity contribution in [3.05, 3.63) is 15.9 Å². The van der Waals surface area contributed by atoms with Gasteiger partial charge in [-0.05, 0) is 67.4 Å². The maximum atomic E-state index is 4.66. The molecule has 1 N–H and O–H groups in total. The zero-order chi connectivity index (χ0) is 13.8. The van der Waals surface area contributed by atoms with E-state index in [4.69, 9.17) is 0 Å². The highest BCUT2D eigenvalue weighted by Gasteiger charge is 2.21. The van der Waals surface area contributed by atoms with Crippen LogP contribution in [0.15, 0.2) is 4.47 Å². The van der Waals surface area contributed by atoms with Crippen molar-refractivity contribution in [2.45, 2.75) is 65.5 Å². The molecule has 0 spiro atoms. The van der Waals surface area contributed by atoms with Crippen molar-refractivity contribution < 1.29 is 0 Å². The lowest BCUT2D eigenvalue weighted by Gasteiger charge is -2.13. The third-order valence-electron chi connectivity index (χ3n) is 3.90. The number of aromatic nitrogens is 2. The zero-order valence-electron chi connectivity index (χ0n) is 12.4. The van der Waals surface area contributed by atoms with Crippen molar-refractivity contribution in [3.63, 3.8) is 0 Å². The van der Waals surface area contributed by atoms with Gasteiger partial charge < -0.3 is 5.32 Å². The second-order valence-electron chi connectivity index (χ2n) is 5.70. The predicted molar refractivity (Wildman–Crippen MR) is 83.5 cm³/mol. The van der Waals surface area contributed by atoms with E-state index in [1.807, 2.05) is 0 Å². The first-order valence-corrected chi connectivity index (χ1v) is 8.42. The molecule has 1 aromatic rings. The fourth-order valence-corrected chi connectivity index (χ4v) is 3.16. The van der Waals surface area contributed by atoms with E-state index in [-0.39, 0.29) is 0 Å². The van der Waals surface area contributed by atoms with Gasteiger partial charge in [0.25, 0.3) is 0 Å². The van der Waals surface area contributed by atoms with E-state index >= 15 is 0 Å². The highest BCUT2D eigenvalue weighted by atomic mass is 79.9. The van der Waals surface area contributed by atoms with Crippen LogP contribution in [-0.2, 0) is 19.4 Å². The Kier molecular flexibility index (Phi) is 5.46. The van der Waals surface area contributed by atoms with Crippen molar-refractivity contribution in [3.8, 4) is 0 Å². The van der Waals surface area contributed by atoms with Crippen LogP contribution in [0.1, 0.15) is 51.4 Å². The summed E-state index contributed by atoms with van der Waals surface area (Å²) in [5.41, 5.74) is 2.57. The fourth-order valence-electron chi connectivity index (χ4n) is 2.40. The highest BCUT2D eigenvalue weighted by molar-refractivity contribution is 9.10. The minimum absolute atomic E-state index is 0.734. The third kappa shape index (κ3) is 4.06. The maximum Gasteiger partial charge on any atom is 0.0766 e. The van der Waals surface area contributed by atoms with E-state index in [1.165, 1.54) is 35.1 Å². The Hall–Kier alpha value is -0.350. The number of hydrogen-bond donors (Lipinski definition) is 1. The molecule has 0 aliphatic heterocycles.